The van der Waals surface area contributed by atoms with Crippen LogP contribution < -0.4 is 5.32 Å². The van der Waals surface area contributed by atoms with Crippen LogP contribution >= 0.6 is 11.8 Å². The van der Waals surface area contributed by atoms with Gasteiger partial charge in [0, 0.05) is 23.6 Å². The molecule has 3 heteroatoms. The first-order valence-corrected chi connectivity index (χ1v) is 7.97. The third-order valence-corrected chi connectivity index (χ3v) is 4.34. The number of rotatable bonds is 6. The zero-order valence-corrected chi connectivity index (χ0v) is 12.3. The van der Waals surface area contributed by atoms with E-state index in [9.17, 15) is 0 Å². The number of hydrogen-bond donors (Lipinski definition) is 1. The molecule has 0 spiro atoms. The molecule has 2 nitrogen and oxygen atoms in total. The molecule has 1 saturated carbocycles. The van der Waals surface area contributed by atoms with Gasteiger partial charge in [-0.1, -0.05) is 12.1 Å². The summed E-state index contributed by atoms with van der Waals surface area (Å²) in [6, 6.07) is 9.89. The van der Waals surface area contributed by atoms with Crippen LogP contribution in [0.4, 0.5) is 0 Å². The SMILES string of the molecule is CCOC1CC(NC(C)c2ccc(SC)cc2)C1. The van der Waals surface area contributed by atoms with Crippen molar-refractivity contribution in [2.75, 3.05) is 12.9 Å². The van der Waals surface area contributed by atoms with E-state index in [1.165, 1.54) is 10.5 Å². The smallest absolute Gasteiger partial charge is 0.0604 e. The molecule has 0 radical (unpaired) electrons. The first-order valence-electron chi connectivity index (χ1n) is 6.74. The Bertz CT molecular complexity index is 359. The minimum atomic E-state index is 0.425. The summed E-state index contributed by atoms with van der Waals surface area (Å²) in [5.74, 6) is 0. The van der Waals surface area contributed by atoms with Gasteiger partial charge in [0.2, 0.25) is 0 Å². The average Bonchev–Trinajstić information content (AvgIpc) is 2.36. The Morgan fingerprint density at radius 3 is 2.56 bits per heavy atom. The van der Waals surface area contributed by atoms with E-state index in [0.717, 1.165) is 19.4 Å². The number of hydrogen-bond acceptors (Lipinski definition) is 3. The molecule has 0 aromatic heterocycles. The maximum atomic E-state index is 5.58. The zero-order valence-electron chi connectivity index (χ0n) is 11.5. The Kier molecular flexibility index (Phi) is 5.10. The van der Waals surface area contributed by atoms with Crippen molar-refractivity contribution in [3.05, 3.63) is 29.8 Å². The Balaban J connectivity index is 1.79. The van der Waals surface area contributed by atoms with Gasteiger partial charge in [0.25, 0.3) is 0 Å². The first-order chi connectivity index (χ1) is 8.72. The molecule has 1 N–H and O–H groups in total. The van der Waals surface area contributed by atoms with Gasteiger partial charge in [0.1, 0.15) is 0 Å². The van der Waals surface area contributed by atoms with Crippen molar-refractivity contribution < 1.29 is 4.74 Å². The quantitative estimate of drug-likeness (QED) is 0.794. The van der Waals surface area contributed by atoms with E-state index >= 15 is 0 Å². The predicted molar refractivity (Wildman–Crippen MR) is 78.2 cm³/mol. The second-order valence-corrected chi connectivity index (χ2v) is 5.79. The van der Waals surface area contributed by atoms with E-state index in [1.54, 1.807) is 11.8 Å². The van der Waals surface area contributed by atoms with E-state index < -0.39 is 0 Å². The molecular formula is C15H23NOS. The fraction of sp³-hybridized carbons (Fsp3) is 0.600. The molecule has 1 fully saturated rings. The van der Waals surface area contributed by atoms with Crippen molar-refractivity contribution in [1.82, 2.24) is 5.32 Å². The van der Waals surface area contributed by atoms with Gasteiger partial charge >= 0.3 is 0 Å². The van der Waals surface area contributed by atoms with Crippen LogP contribution in [-0.4, -0.2) is 25.0 Å². The second kappa shape index (κ2) is 6.60. The number of nitrogens with one attached hydrogen (secondary N) is 1. The summed E-state index contributed by atoms with van der Waals surface area (Å²) in [5.41, 5.74) is 1.37. The molecule has 1 aromatic carbocycles. The number of thioether (sulfide) groups is 1. The van der Waals surface area contributed by atoms with Crippen molar-refractivity contribution in [3.63, 3.8) is 0 Å². The molecule has 0 heterocycles. The lowest BCUT2D eigenvalue weighted by molar-refractivity contribution is -0.0120. The van der Waals surface area contributed by atoms with Gasteiger partial charge in [-0.3, -0.25) is 0 Å². The largest absolute Gasteiger partial charge is 0.378 e. The molecule has 2 rings (SSSR count). The Morgan fingerprint density at radius 1 is 1.33 bits per heavy atom. The van der Waals surface area contributed by atoms with Gasteiger partial charge in [-0.15, -0.1) is 11.8 Å². The Labute approximate surface area is 114 Å². The summed E-state index contributed by atoms with van der Waals surface area (Å²) in [5, 5.41) is 3.67. The summed E-state index contributed by atoms with van der Waals surface area (Å²) < 4.78 is 5.58. The van der Waals surface area contributed by atoms with E-state index in [1.807, 2.05) is 0 Å². The van der Waals surface area contributed by atoms with Crippen LogP contribution in [0.3, 0.4) is 0 Å². The van der Waals surface area contributed by atoms with Crippen molar-refractivity contribution >= 4 is 11.8 Å². The van der Waals surface area contributed by atoms with Gasteiger partial charge in [-0.05, 0) is 50.6 Å². The molecular weight excluding hydrogens is 242 g/mol. The third kappa shape index (κ3) is 3.50. The summed E-state index contributed by atoms with van der Waals surface area (Å²) >= 11 is 1.79. The van der Waals surface area contributed by atoms with Crippen LogP contribution in [0.1, 0.15) is 38.3 Å². The lowest BCUT2D eigenvalue weighted by Crippen LogP contribution is -2.46. The number of benzene rings is 1. The molecule has 0 saturated heterocycles. The van der Waals surface area contributed by atoms with Crippen molar-refractivity contribution in [2.24, 2.45) is 0 Å². The minimum Gasteiger partial charge on any atom is -0.378 e. The molecule has 1 unspecified atom stereocenters. The molecule has 0 amide bonds. The zero-order chi connectivity index (χ0) is 13.0. The topological polar surface area (TPSA) is 21.3 Å². The highest BCUT2D eigenvalue weighted by atomic mass is 32.2. The summed E-state index contributed by atoms with van der Waals surface area (Å²) in [4.78, 5) is 1.33. The van der Waals surface area contributed by atoms with Gasteiger partial charge < -0.3 is 10.1 Å². The minimum absolute atomic E-state index is 0.425. The fourth-order valence-electron chi connectivity index (χ4n) is 2.42. The fourth-order valence-corrected chi connectivity index (χ4v) is 2.82. The highest BCUT2D eigenvalue weighted by Gasteiger charge is 2.30. The normalized spacial score (nSPS) is 24.6. The molecule has 18 heavy (non-hydrogen) atoms. The van der Waals surface area contributed by atoms with Crippen LogP contribution in [0.2, 0.25) is 0 Å². The summed E-state index contributed by atoms with van der Waals surface area (Å²) in [6.07, 6.45) is 4.90. The molecule has 1 aromatic rings. The van der Waals surface area contributed by atoms with E-state index in [-0.39, 0.29) is 0 Å². The molecule has 0 bridgehead atoms. The van der Waals surface area contributed by atoms with Crippen LogP contribution in [0.5, 0.6) is 0 Å². The van der Waals surface area contributed by atoms with Gasteiger partial charge in [-0.25, -0.2) is 0 Å². The van der Waals surface area contributed by atoms with Crippen LogP contribution in [0.15, 0.2) is 29.2 Å². The van der Waals surface area contributed by atoms with Crippen LogP contribution in [-0.2, 0) is 4.74 Å². The maximum Gasteiger partial charge on any atom is 0.0604 e. The Hall–Kier alpha value is -0.510. The van der Waals surface area contributed by atoms with Gasteiger partial charge in [0.15, 0.2) is 0 Å². The standard InChI is InChI=1S/C15H23NOS/c1-4-17-14-9-13(10-14)16-11(2)12-5-7-15(18-3)8-6-12/h5-8,11,13-14,16H,4,9-10H2,1-3H3. The summed E-state index contributed by atoms with van der Waals surface area (Å²) in [6.45, 7) is 5.14. The third-order valence-electron chi connectivity index (χ3n) is 3.60. The first kappa shape index (κ1) is 13.9. The average molecular weight is 265 g/mol. The van der Waals surface area contributed by atoms with E-state index in [4.69, 9.17) is 4.74 Å². The van der Waals surface area contributed by atoms with Crippen molar-refractivity contribution in [2.45, 2.75) is 49.8 Å². The van der Waals surface area contributed by atoms with Crippen LogP contribution in [0.25, 0.3) is 0 Å². The van der Waals surface area contributed by atoms with E-state index in [0.29, 0.717) is 18.2 Å². The van der Waals surface area contributed by atoms with Crippen LogP contribution in [0, 0.1) is 0 Å². The molecule has 100 valence electrons. The molecule has 1 aliphatic carbocycles. The monoisotopic (exact) mass is 265 g/mol. The summed E-state index contributed by atoms with van der Waals surface area (Å²) in [7, 11) is 0. The van der Waals surface area contributed by atoms with E-state index in [2.05, 4.69) is 49.7 Å². The number of ether oxygens (including phenoxy) is 1. The Morgan fingerprint density at radius 2 is 2.00 bits per heavy atom. The van der Waals surface area contributed by atoms with Crippen molar-refractivity contribution in [3.8, 4) is 0 Å². The lowest BCUT2D eigenvalue weighted by Gasteiger charge is -2.37. The molecule has 1 atom stereocenters. The highest BCUT2D eigenvalue weighted by molar-refractivity contribution is 7.98. The van der Waals surface area contributed by atoms with Gasteiger partial charge in [-0.2, -0.15) is 0 Å². The van der Waals surface area contributed by atoms with Gasteiger partial charge in [0.05, 0.1) is 6.10 Å². The van der Waals surface area contributed by atoms with Crippen molar-refractivity contribution in [1.29, 1.82) is 0 Å². The lowest BCUT2D eigenvalue weighted by atomic mass is 9.88. The molecule has 0 aliphatic heterocycles. The predicted octanol–water partition coefficient (Wildman–Crippen LogP) is 3.63. The molecule has 1 aliphatic rings. The second-order valence-electron chi connectivity index (χ2n) is 4.91. The maximum absolute atomic E-state index is 5.58. The highest BCUT2D eigenvalue weighted by Crippen LogP contribution is 2.26.